The molecule has 210 valence electrons. The second kappa shape index (κ2) is 12.1. The fourth-order valence-electron chi connectivity index (χ4n) is 6.28. The Kier molecular flexibility index (Phi) is 10.4. The average molecular weight is 512 g/mol. The fraction of sp³-hybridized carbons (Fsp3) is 0.929. The van der Waals surface area contributed by atoms with Crippen molar-refractivity contribution in [3.05, 3.63) is 0 Å². The van der Waals surface area contributed by atoms with Crippen LogP contribution in [0.4, 0.5) is 0 Å². The van der Waals surface area contributed by atoms with E-state index in [0.29, 0.717) is 25.7 Å². The van der Waals surface area contributed by atoms with Gasteiger partial charge in [-0.05, 0) is 68.2 Å². The maximum atomic E-state index is 12.4. The van der Waals surface area contributed by atoms with E-state index in [2.05, 4.69) is 27.7 Å². The number of unbranched alkanes of at least 4 members (excludes halogenated alkanes) is 5. The minimum Gasteiger partial charge on any atom is -0.462 e. The van der Waals surface area contributed by atoms with Gasteiger partial charge < -0.3 is 14.7 Å². The number of piperidine rings is 2. The summed E-state index contributed by atoms with van der Waals surface area (Å²) in [6, 6.07) is 0. The molecule has 0 unspecified atom stereocenters. The maximum absolute atomic E-state index is 12.4. The van der Waals surface area contributed by atoms with E-state index in [1.807, 2.05) is 32.7 Å². The summed E-state index contributed by atoms with van der Waals surface area (Å²) in [7, 11) is 0. The molecule has 2 saturated heterocycles. The van der Waals surface area contributed by atoms with Gasteiger partial charge in [0.1, 0.15) is 12.2 Å². The van der Waals surface area contributed by atoms with Crippen LogP contribution in [-0.4, -0.2) is 61.6 Å². The molecule has 3 N–H and O–H groups in total. The zero-order valence-electron chi connectivity index (χ0n) is 24.2. The van der Waals surface area contributed by atoms with Crippen LogP contribution in [0.1, 0.15) is 132 Å². The highest BCUT2D eigenvalue weighted by molar-refractivity contribution is 5.69. The minimum atomic E-state index is -0.422. The van der Waals surface area contributed by atoms with Crippen LogP contribution in [0.2, 0.25) is 0 Å². The van der Waals surface area contributed by atoms with Gasteiger partial charge in [-0.3, -0.25) is 15.4 Å². The zero-order valence-corrected chi connectivity index (χ0v) is 24.2. The molecule has 0 radical (unpaired) electrons. The van der Waals surface area contributed by atoms with Crippen molar-refractivity contribution in [3.8, 4) is 0 Å². The summed E-state index contributed by atoms with van der Waals surface area (Å²) in [5.41, 5.74) is -1.25. The molecular formula is C28H53N3O5. The van der Waals surface area contributed by atoms with E-state index in [0.717, 1.165) is 51.4 Å². The van der Waals surface area contributed by atoms with Crippen LogP contribution in [0.25, 0.3) is 0 Å². The first-order valence-electron chi connectivity index (χ1n) is 13.9. The van der Waals surface area contributed by atoms with Crippen molar-refractivity contribution in [2.75, 3.05) is 0 Å². The SMILES string of the molecule is CC1(C)CC(OC(=O)CCCCCCCCC(=O)OC2CC(C)(C)N(O)C(C)(C)C2)CC(C)(C)N1N. The number of carbonyl (C=O) groups excluding carboxylic acids is 2. The van der Waals surface area contributed by atoms with Crippen molar-refractivity contribution in [1.29, 1.82) is 0 Å². The first-order valence-corrected chi connectivity index (χ1v) is 13.9. The number of carbonyl (C=O) groups is 2. The van der Waals surface area contributed by atoms with Crippen LogP contribution in [0, 0.1) is 0 Å². The molecule has 2 fully saturated rings. The highest BCUT2D eigenvalue weighted by atomic mass is 16.6. The fourth-order valence-corrected chi connectivity index (χ4v) is 6.28. The summed E-state index contributed by atoms with van der Waals surface area (Å²) in [6.45, 7) is 16.3. The summed E-state index contributed by atoms with van der Waals surface area (Å²) in [5.74, 6) is 6.01. The molecule has 0 saturated carbocycles. The van der Waals surface area contributed by atoms with Gasteiger partial charge in [0.05, 0.1) is 0 Å². The van der Waals surface area contributed by atoms with Gasteiger partial charge in [-0.1, -0.05) is 25.7 Å². The molecule has 2 rings (SSSR count). The molecule has 0 atom stereocenters. The Morgan fingerprint density at radius 2 is 0.972 bits per heavy atom. The van der Waals surface area contributed by atoms with Crippen LogP contribution >= 0.6 is 0 Å². The molecular weight excluding hydrogens is 458 g/mol. The molecule has 2 aliphatic rings. The molecule has 0 bridgehead atoms. The molecule has 36 heavy (non-hydrogen) atoms. The number of esters is 2. The second-order valence-corrected chi connectivity index (χ2v) is 13.6. The molecule has 0 spiro atoms. The molecule has 8 nitrogen and oxygen atoms in total. The number of hydrazine groups is 1. The smallest absolute Gasteiger partial charge is 0.306 e. The van der Waals surface area contributed by atoms with Gasteiger partial charge in [-0.15, -0.1) is 0 Å². The standard InChI is InChI=1S/C28H53N3O5/c1-25(2)17-21(18-26(3,4)30(25)29)35-23(32)15-13-11-9-10-12-14-16-24(33)36-22-19-27(5,6)31(34)28(7,8)20-22/h21-22,34H,9-20,29H2,1-8H3. The highest BCUT2D eigenvalue weighted by Crippen LogP contribution is 2.38. The number of hydrogen-bond donors (Lipinski definition) is 2. The van der Waals surface area contributed by atoms with Gasteiger partial charge in [0.2, 0.25) is 0 Å². The lowest BCUT2D eigenvalue weighted by atomic mass is 9.80. The van der Waals surface area contributed by atoms with Crippen LogP contribution in [0.5, 0.6) is 0 Å². The topological polar surface area (TPSA) is 105 Å². The molecule has 2 heterocycles. The largest absolute Gasteiger partial charge is 0.462 e. The molecule has 0 aromatic rings. The predicted octanol–water partition coefficient (Wildman–Crippen LogP) is 5.50. The summed E-state index contributed by atoms with van der Waals surface area (Å²) in [5, 5.41) is 13.7. The van der Waals surface area contributed by atoms with Gasteiger partial charge in [0.25, 0.3) is 0 Å². The van der Waals surface area contributed by atoms with Gasteiger partial charge in [0, 0.05) is 60.7 Å². The predicted molar refractivity (Wildman–Crippen MR) is 141 cm³/mol. The normalized spacial score (nSPS) is 24.4. The van der Waals surface area contributed by atoms with Crippen molar-refractivity contribution < 1.29 is 24.3 Å². The third kappa shape index (κ3) is 8.67. The number of nitrogens with two attached hydrogens (primary N) is 1. The Balaban J connectivity index is 1.54. The Morgan fingerprint density at radius 3 is 1.33 bits per heavy atom. The summed E-state index contributed by atoms with van der Waals surface area (Å²) in [6.07, 6.45) is 9.09. The van der Waals surface area contributed by atoms with E-state index in [9.17, 15) is 14.8 Å². The van der Waals surface area contributed by atoms with E-state index in [1.165, 1.54) is 5.06 Å². The van der Waals surface area contributed by atoms with Gasteiger partial charge in [-0.25, -0.2) is 5.01 Å². The average Bonchev–Trinajstić information content (AvgIpc) is 2.71. The van der Waals surface area contributed by atoms with Gasteiger partial charge in [-0.2, -0.15) is 5.06 Å². The van der Waals surface area contributed by atoms with Crippen molar-refractivity contribution in [1.82, 2.24) is 10.1 Å². The maximum Gasteiger partial charge on any atom is 0.306 e. The van der Waals surface area contributed by atoms with E-state index in [1.54, 1.807) is 0 Å². The van der Waals surface area contributed by atoms with E-state index in [-0.39, 0.29) is 35.2 Å². The van der Waals surface area contributed by atoms with E-state index < -0.39 is 11.1 Å². The van der Waals surface area contributed by atoms with Crippen molar-refractivity contribution in [2.45, 2.75) is 167 Å². The monoisotopic (exact) mass is 511 g/mol. The third-order valence-corrected chi connectivity index (χ3v) is 7.97. The number of hydroxylamine groups is 2. The molecule has 0 aliphatic carbocycles. The number of ether oxygens (including phenoxy) is 2. The van der Waals surface area contributed by atoms with Crippen LogP contribution in [0.15, 0.2) is 0 Å². The quantitative estimate of drug-likeness (QED) is 0.213. The van der Waals surface area contributed by atoms with Crippen molar-refractivity contribution >= 4 is 11.9 Å². The Labute approximate surface area is 219 Å². The van der Waals surface area contributed by atoms with Crippen molar-refractivity contribution in [3.63, 3.8) is 0 Å². The Morgan fingerprint density at radius 1 is 0.667 bits per heavy atom. The van der Waals surface area contributed by atoms with Crippen molar-refractivity contribution in [2.24, 2.45) is 5.84 Å². The van der Waals surface area contributed by atoms with Crippen LogP contribution < -0.4 is 5.84 Å². The minimum absolute atomic E-state index is 0.0876. The number of hydrogen-bond acceptors (Lipinski definition) is 8. The van der Waals surface area contributed by atoms with Crippen LogP contribution in [-0.2, 0) is 19.1 Å². The highest BCUT2D eigenvalue weighted by Gasteiger charge is 2.47. The van der Waals surface area contributed by atoms with Gasteiger partial charge >= 0.3 is 11.9 Å². The Hall–Kier alpha value is -1.22. The van der Waals surface area contributed by atoms with E-state index in [4.69, 9.17) is 15.3 Å². The molecule has 0 aromatic heterocycles. The Bertz CT molecular complexity index is 651. The first kappa shape index (κ1) is 31.0. The lowest BCUT2D eigenvalue weighted by Gasteiger charge is -2.52. The summed E-state index contributed by atoms with van der Waals surface area (Å²) in [4.78, 5) is 24.7. The molecule has 8 heteroatoms. The summed E-state index contributed by atoms with van der Waals surface area (Å²) >= 11 is 0. The number of nitrogens with zero attached hydrogens (tertiary/aromatic N) is 2. The van der Waals surface area contributed by atoms with Crippen LogP contribution in [0.3, 0.4) is 0 Å². The van der Waals surface area contributed by atoms with E-state index >= 15 is 0 Å². The molecule has 0 aromatic carbocycles. The second-order valence-electron chi connectivity index (χ2n) is 13.6. The number of rotatable bonds is 11. The van der Waals surface area contributed by atoms with Gasteiger partial charge in [0.15, 0.2) is 0 Å². The third-order valence-electron chi connectivity index (χ3n) is 7.97. The first-order chi connectivity index (χ1) is 16.5. The molecule has 0 amide bonds. The summed E-state index contributed by atoms with van der Waals surface area (Å²) < 4.78 is 11.5. The lowest BCUT2D eigenvalue weighted by Crippen LogP contribution is -2.65. The zero-order chi connectivity index (χ0) is 27.4. The molecule has 2 aliphatic heterocycles. The lowest BCUT2D eigenvalue weighted by molar-refractivity contribution is -0.259.